The topological polar surface area (TPSA) is 32.9 Å². The number of para-hydroxylation sites is 1. The van der Waals surface area contributed by atoms with Gasteiger partial charge in [0, 0.05) is 28.6 Å². The van der Waals surface area contributed by atoms with Crippen molar-refractivity contribution in [2.75, 3.05) is 0 Å². The zero-order valence-corrected chi connectivity index (χ0v) is 10.8. The van der Waals surface area contributed by atoms with Crippen LogP contribution in [0.1, 0.15) is 43.0 Å². The minimum atomic E-state index is 0.236. The van der Waals surface area contributed by atoms with Crippen LogP contribution >= 0.6 is 0 Å². The Morgan fingerprint density at radius 3 is 2.67 bits per heavy atom. The van der Waals surface area contributed by atoms with Gasteiger partial charge in [-0.05, 0) is 24.8 Å². The Morgan fingerprint density at radius 2 is 1.89 bits per heavy atom. The predicted octanol–water partition coefficient (Wildman–Crippen LogP) is 4.18. The van der Waals surface area contributed by atoms with Crippen LogP contribution in [-0.4, -0.2) is 10.8 Å². The van der Waals surface area contributed by atoms with E-state index < -0.39 is 0 Å². The van der Waals surface area contributed by atoms with E-state index in [-0.39, 0.29) is 5.92 Å². The monoisotopic (exact) mass is 241 g/mol. The number of carbonyl (C=O) groups is 1. The van der Waals surface area contributed by atoms with Crippen molar-refractivity contribution in [3.8, 4) is 0 Å². The molecule has 0 unspecified atom stereocenters. The molecule has 1 aliphatic carbocycles. The zero-order chi connectivity index (χ0) is 12.5. The molecule has 94 valence electrons. The highest BCUT2D eigenvalue weighted by Crippen LogP contribution is 2.32. The van der Waals surface area contributed by atoms with Gasteiger partial charge in [-0.25, -0.2) is 0 Å². The van der Waals surface area contributed by atoms with Crippen molar-refractivity contribution >= 4 is 16.7 Å². The van der Waals surface area contributed by atoms with Gasteiger partial charge in [-0.3, -0.25) is 4.79 Å². The Bertz CT molecular complexity index is 561. The van der Waals surface area contributed by atoms with E-state index in [9.17, 15) is 4.79 Å². The molecule has 0 aliphatic heterocycles. The van der Waals surface area contributed by atoms with Crippen LogP contribution in [0.25, 0.3) is 10.9 Å². The third-order valence-electron chi connectivity index (χ3n) is 4.24. The van der Waals surface area contributed by atoms with Crippen LogP contribution in [0.3, 0.4) is 0 Å². The molecule has 1 heterocycles. The van der Waals surface area contributed by atoms with Gasteiger partial charge in [-0.2, -0.15) is 0 Å². The lowest BCUT2D eigenvalue weighted by Crippen LogP contribution is -2.20. The molecule has 2 heteroatoms. The van der Waals surface area contributed by atoms with Crippen LogP contribution < -0.4 is 0 Å². The van der Waals surface area contributed by atoms with Crippen LogP contribution in [-0.2, 0) is 0 Å². The number of carbonyl (C=O) groups excluding carboxylic acids is 1. The summed E-state index contributed by atoms with van der Waals surface area (Å²) >= 11 is 0. The summed E-state index contributed by atoms with van der Waals surface area (Å²) in [6.07, 6.45) is 6.38. The number of Topliss-reactive ketones (excluding diaryl/α,β-unsaturated/α-hetero) is 1. The Morgan fingerprint density at radius 1 is 1.17 bits per heavy atom. The fourth-order valence-corrected chi connectivity index (χ4v) is 3.02. The standard InChI is InChI=1S/C16H19NO/c1-11-6-8-12(9-7-11)16(18)14-10-17-15-5-3-2-4-13(14)15/h2-5,10-12,17H,6-9H2,1H3. The van der Waals surface area contributed by atoms with Gasteiger partial charge in [0.05, 0.1) is 0 Å². The van der Waals surface area contributed by atoms with E-state index in [2.05, 4.69) is 11.9 Å². The fraction of sp³-hybridized carbons (Fsp3) is 0.438. The van der Waals surface area contributed by atoms with Crippen LogP contribution in [0.5, 0.6) is 0 Å². The van der Waals surface area contributed by atoms with Crippen LogP contribution in [0.15, 0.2) is 30.5 Å². The van der Waals surface area contributed by atoms with Crippen molar-refractivity contribution in [2.24, 2.45) is 11.8 Å². The normalized spacial score (nSPS) is 24.3. The van der Waals surface area contributed by atoms with Gasteiger partial charge in [0.2, 0.25) is 0 Å². The largest absolute Gasteiger partial charge is 0.360 e. The third-order valence-corrected chi connectivity index (χ3v) is 4.24. The molecule has 1 N–H and O–H groups in total. The highest BCUT2D eigenvalue weighted by molar-refractivity contribution is 6.08. The Kier molecular flexibility index (Phi) is 2.94. The molecule has 0 saturated heterocycles. The second-order valence-corrected chi connectivity index (χ2v) is 5.57. The second kappa shape index (κ2) is 4.60. The van der Waals surface area contributed by atoms with Gasteiger partial charge in [-0.15, -0.1) is 0 Å². The van der Waals surface area contributed by atoms with E-state index in [0.29, 0.717) is 5.78 Å². The lowest BCUT2D eigenvalue weighted by molar-refractivity contribution is 0.0877. The average molecular weight is 241 g/mol. The molecule has 0 spiro atoms. The number of aromatic amines is 1. The molecule has 18 heavy (non-hydrogen) atoms. The summed E-state index contributed by atoms with van der Waals surface area (Å²) in [5, 5.41) is 1.07. The highest BCUT2D eigenvalue weighted by Gasteiger charge is 2.26. The fourth-order valence-electron chi connectivity index (χ4n) is 3.02. The molecule has 0 amide bonds. The van der Waals surface area contributed by atoms with E-state index in [1.54, 1.807) is 0 Å². The summed E-state index contributed by atoms with van der Waals surface area (Å²) in [5.74, 6) is 1.36. The summed E-state index contributed by atoms with van der Waals surface area (Å²) in [7, 11) is 0. The summed E-state index contributed by atoms with van der Waals surface area (Å²) in [5.41, 5.74) is 1.94. The molecular weight excluding hydrogens is 222 g/mol. The maximum Gasteiger partial charge on any atom is 0.168 e. The number of rotatable bonds is 2. The maximum absolute atomic E-state index is 12.6. The molecule has 0 radical (unpaired) electrons. The minimum absolute atomic E-state index is 0.236. The molecule has 0 bridgehead atoms. The number of nitrogens with one attached hydrogen (secondary N) is 1. The SMILES string of the molecule is CC1CCC(C(=O)c2c[nH]c3ccccc23)CC1. The first-order valence-corrected chi connectivity index (χ1v) is 6.86. The number of aromatic nitrogens is 1. The van der Waals surface area contributed by atoms with Crippen molar-refractivity contribution < 1.29 is 4.79 Å². The van der Waals surface area contributed by atoms with E-state index in [1.807, 2.05) is 30.5 Å². The van der Waals surface area contributed by atoms with Crippen molar-refractivity contribution in [2.45, 2.75) is 32.6 Å². The second-order valence-electron chi connectivity index (χ2n) is 5.57. The lowest BCUT2D eigenvalue weighted by atomic mass is 9.79. The molecule has 0 atom stereocenters. The zero-order valence-electron chi connectivity index (χ0n) is 10.8. The molecule has 2 nitrogen and oxygen atoms in total. The Hall–Kier alpha value is -1.57. The third kappa shape index (κ3) is 1.96. The van der Waals surface area contributed by atoms with Gasteiger partial charge in [-0.1, -0.05) is 38.0 Å². The van der Waals surface area contributed by atoms with Crippen LogP contribution in [0.2, 0.25) is 0 Å². The van der Waals surface area contributed by atoms with Gasteiger partial charge in [0.15, 0.2) is 5.78 Å². The summed E-state index contributed by atoms with van der Waals surface area (Å²) in [4.78, 5) is 15.8. The van der Waals surface area contributed by atoms with E-state index in [1.165, 1.54) is 12.8 Å². The van der Waals surface area contributed by atoms with Gasteiger partial charge in [0.25, 0.3) is 0 Å². The maximum atomic E-state index is 12.6. The highest BCUT2D eigenvalue weighted by atomic mass is 16.1. The first-order valence-electron chi connectivity index (χ1n) is 6.86. The molecule has 1 aromatic heterocycles. The van der Waals surface area contributed by atoms with Crippen molar-refractivity contribution in [1.29, 1.82) is 0 Å². The molecule has 2 aromatic rings. The first kappa shape index (κ1) is 11.5. The van der Waals surface area contributed by atoms with Gasteiger partial charge >= 0.3 is 0 Å². The molecular formula is C16H19NO. The van der Waals surface area contributed by atoms with E-state index in [0.717, 1.165) is 35.2 Å². The summed E-state index contributed by atoms with van der Waals surface area (Å²) in [6, 6.07) is 8.05. The van der Waals surface area contributed by atoms with E-state index in [4.69, 9.17) is 0 Å². The molecule has 1 aromatic carbocycles. The van der Waals surface area contributed by atoms with Crippen LogP contribution in [0.4, 0.5) is 0 Å². The number of hydrogen-bond acceptors (Lipinski definition) is 1. The van der Waals surface area contributed by atoms with Gasteiger partial charge < -0.3 is 4.98 Å². The lowest BCUT2D eigenvalue weighted by Gasteiger charge is -2.24. The predicted molar refractivity (Wildman–Crippen MR) is 73.8 cm³/mol. The quantitative estimate of drug-likeness (QED) is 0.786. The number of H-pyrrole nitrogens is 1. The number of hydrogen-bond donors (Lipinski definition) is 1. The van der Waals surface area contributed by atoms with E-state index >= 15 is 0 Å². The first-order chi connectivity index (χ1) is 8.75. The number of benzene rings is 1. The summed E-state index contributed by atoms with van der Waals surface area (Å²) < 4.78 is 0. The Labute approximate surface area is 107 Å². The smallest absolute Gasteiger partial charge is 0.168 e. The van der Waals surface area contributed by atoms with Crippen molar-refractivity contribution in [1.82, 2.24) is 4.98 Å². The molecule has 1 fully saturated rings. The number of fused-ring (bicyclic) bond motifs is 1. The number of ketones is 1. The van der Waals surface area contributed by atoms with Crippen LogP contribution in [0, 0.1) is 11.8 Å². The molecule has 1 aliphatic rings. The van der Waals surface area contributed by atoms with Gasteiger partial charge in [0.1, 0.15) is 0 Å². The minimum Gasteiger partial charge on any atom is -0.360 e. The Balaban J connectivity index is 1.88. The molecule has 1 saturated carbocycles. The average Bonchev–Trinajstić information content (AvgIpc) is 2.82. The molecule has 3 rings (SSSR count). The summed E-state index contributed by atoms with van der Waals surface area (Å²) in [6.45, 7) is 2.28. The van der Waals surface area contributed by atoms with Crippen molar-refractivity contribution in [3.05, 3.63) is 36.0 Å². The van der Waals surface area contributed by atoms with Crippen molar-refractivity contribution in [3.63, 3.8) is 0 Å².